The Balaban J connectivity index is 1.50. The highest BCUT2D eigenvalue weighted by Crippen LogP contribution is 2.21. The molecule has 0 spiro atoms. The molecule has 1 fully saturated rings. The first-order valence-electron chi connectivity index (χ1n) is 10.1. The van der Waals surface area contributed by atoms with Crippen LogP contribution >= 0.6 is 0 Å². The minimum atomic E-state index is -0.715. The van der Waals surface area contributed by atoms with Gasteiger partial charge in [-0.15, -0.1) is 0 Å². The van der Waals surface area contributed by atoms with Gasteiger partial charge < -0.3 is 10.0 Å². The summed E-state index contributed by atoms with van der Waals surface area (Å²) < 4.78 is 2.05. The highest BCUT2D eigenvalue weighted by Gasteiger charge is 2.25. The zero-order valence-corrected chi connectivity index (χ0v) is 17.3. The van der Waals surface area contributed by atoms with E-state index in [1.807, 2.05) is 53.9 Å². The van der Waals surface area contributed by atoms with Gasteiger partial charge in [0.15, 0.2) is 0 Å². The summed E-state index contributed by atoms with van der Waals surface area (Å²) in [7, 11) is 0. The molecule has 152 valence electrons. The lowest BCUT2D eigenvalue weighted by Crippen LogP contribution is -2.51. The van der Waals surface area contributed by atoms with Crippen molar-refractivity contribution in [2.75, 3.05) is 32.7 Å². The van der Waals surface area contributed by atoms with Crippen LogP contribution in [-0.4, -0.2) is 68.7 Å². The summed E-state index contributed by atoms with van der Waals surface area (Å²) in [5, 5.41) is 9.99. The predicted molar refractivity (Wildman–Crippen MR) is 114 cm³/mol. The van der Waals surface area contributed by atoms with E-state index >= 15 is 0 Å². The molecule has 29 heavy (non-hydrogen) atoms. The molecule has 1 aliphatic rings. The summed E-state index contributed by atoms with van der Waals surface area (Å²) in [6.07, 6.45) is 1.81. The number of rotatable bonds is 4. The number of hydrogen-bond donors (Lipinski definition) is 1. The monoisotopic (exact) mass is 392 g/mol. The first-order chi connectivity index (χ1) is 13.8. The molecule has 4 rings (SSSR count). The number of aryl methyl sites for hydroxylation is 1. The minimum Gasteiger partial charge on any atom is -0.389 e. The SMILES string of the molecule is Cc1cccc(-n2cnc3cc(C(=O)N4CCN(CC(C)(C)O)CC4)ccc32)c1. The van der Waals surface area contributed by atoms with E-state index in [1.54, 1.807) is 0 Å². The van der Waals surface area contributed by atoms with E-state index in [-0.39, 0.29) is 5.91 Å². The number of piperazine rings is 1. The van der Waals surface area contributed by atoms with E-state index in [1.165, 1.54) is 5.56 Å². The van der Waals surface area contributed by atoms with Crippen LogP contribution in [0, 0.1) is 6.92 Å². The summed E-state index contributed by atoms with van der Waals surface area (Å²) in [6, 6.07) is 14.0. The Bertz CT molecular complexity index is 1030. The molecule has 1 aliphatic heterocycles. The number of carbonyl (C=O) groups is 1. The highest BCUT2D eigenvalue weighted by molar-refractivity contribution is 5.97. The molecule has 0 aliphatic carbocycles. The Morgan fingerprint density at radius 1 is 1.10 bits per heavy atom. The van der Waals surface area contributed by atoms with Crippen molar-refractivity contribution in [3.8, 4) is 5.69 Å². The third-order valence-electron chi connectivity index (χ3n) is 5.34. The van der Waals surface area contributed by atoms with Crippen LogP contribution in [0.2, 0.25) is 0 Å². The number of benzene rings is 2. The molecular formula is C23H28N4O2. The third kappa shape index (κ3) is 4.33. The molecule has 2 aromatic carbocycles. The predicted octanol–water partition coefficient (Wildman–Crippen LogP) is 2.86. The molecule has 0 saturated carbocycles. The number of nitrogens with zero attached hydrogens (tertiary/aromatic N) is 4. The number of imidazole rings is 1. The zero-order valence-electron chi connectivity index (χ0n) is 17.3. The van der Waals surface area contributed by atoms with Crippen molar-refractivity contribution in [2.24, 2.45) is 0 Å². The van der Waals surface area contributed by atoms with E-state index in [4.69, 9.17) is 0 Å². The lowest BCUT2D eigenvalue weighted by molar-refractivity contribution is 0.0178. The fourth-order valence-electron chi connectivity index (χ4n) is 3.97. The van der Waals surface area contributed by atoms with Crippen molar-refractivity contribution in [3.05, 3.63) is 59.9 Å². The summed E-state index contributed by atoms with van der Waals surface area (Å²) in [4.78, 5) is 21.6. The maximum Gasteiger partial charge on any atom is 0.254 e. The van der Waals surface area contributed by atoms with Gasteiger partial charge in [0.1, 0.15) is 6.33 Å². The van der Waals surface area contributed by atoms with Gasteiger partial charge in [-0.25, -0.2) is 4.98 Å². The minimum absolute atomic E-state index is 0.0416. The van der Waals surface area contributed by atoms with Crippen LogP contribution in [0.1, 0.15) is 29.8 Å². The van der Waals surface area contributed by atoms with Crippen molar-refractivity contribution < 1.29 is 9.90 Å². The summed E-state index contributed by atoms with van der Waals surface area (Å²) in [5.41, 5.74) is 4.02. The van der Waals surface area contributed by atoms with Crippen LogP contribution in [0.4, 0.5) is 0 Å². The lowest BCUT2D eigenvalue weighted by atomic mass is 10.1. The number of aromatic nitrogens is 2. The molecule has 0 unspecified atom stereocenters. The average Bonchev–Trinajstić information content (AvgIpc) is 3.10. The molecule has 3 aromatic rings. The third-order valence-corrected chi connectivity index (χ3v) is 5.34. The van der Waals surface area contributed by atoms with Gasteiger partial charge in [0.25, 0.3) is 5.91 Å². The van der Waals surface area contributed by atoms with E-state index in [2.05, 4.69) is 35.0 Å². The van der Waals surface area contributed by atoms with Crippen LogP contribution in [0.5, 0.6) is 0 Å². The van der Waals surface area contributed by atoms with Crippen molar-refractivity contribution in [1.82, 2.24) is 19.4 Å². The van der Waals surface area contributed by atoms with Gasteiger partial charge in [0.05, 0.1) is 16.6 Å². The van der Waals surface area contributed by atoms with Gasteiger partial charge in [-0.1, -0.05) is 12.1 Å². The fourth-order valence-corrected chi connectivity index (χ4v) is 3.97. The smallest absolute Gasteiger partial charge is 0.254 e. The van der Waals surface area contributed by atoms with Crippen LogP contribution in [0.3, 0.4) is 0 Å². The Hall–Kier alpha value is -2.70. The maximum atomic E-state index is 13.0. The average molecular weight is 393 g/mol. The van der Waals surface area contributed by atoms with Crippen molar-refractivity contribution in [1.29, 1.82) is 0 Å². The molecule has 1 aromatic heterocycles. The highest BCUT2D eigenvalue weighted by atomic mass is 16.3. The maximum absolute atomic E-state index is 13.0. The quantitative estimate of drug-likeness (QED) is 0.742. The molecule has 0 bridgehead atoms. The van der Waals surface area contributed by atoms with Crippen LogP contribution in [0.25, 0.3) is 16.7 Å². The first-order valence-corrected chi connectivity index (χ1v) is 10.1. The van der Waals surface area contributed by atoms with Gasteiger partial charge in [0.2, 0.25) is 0 Å². The topological polar surface area (TPSA) is 61.6 Å². The largest absolute Gasteiger partial charge is 0.389 e. The Labute approximate surface area is 171 Å². The number of β-amino-alcohol motifs (C(OH)–C–C–N with tert-alkyl or cyclic N) is 1. The second-order valence-corrected chi connectivity index (χ2v) is 8.54. The van der Waals surface area contributed by atoms with Crippen molar-refractivity contribution >= 4 is 16.9 Å². The van der Waals surface area contributed by atoms with Crippen LogP contribution < -0.4 is 0 Å². The molecule has 6 nitrogen and oxygen atoms in total. The van der Waals surface area contributed by atoms with E-state index in [0.29, 0.717) is 25.2 Å². The fraction of sp³-hybridized carbons (Fsp3) is 0.391. The number of fused-ring (bicyclic) bond motifs is 1. The molecule has 6 heteroatoms. The Kier molecular flexibility index (Phi) is 5.15. The normalized spacial score (nSPS) is 15.8. The second kappa shape index (κ2) is 7.61. The molecule has 0 radical (unpaired) electrons. The zero-order chi connectivity index (χ0) is 20.6. The number of aliphatic hydroxyl groups is 1. The Morgan fingerprint density at radius 2 is 1.86 bits per heavy atom. The molecule has 2 heterocycles. The molecule has 1 amide bonds. The van der Waals surface area contributed by atoms with Crippen molar-refractivity contribution in [2.45, 2.75) is 26.4 Å². The van der Waals surface area contributed by atoms with Gasteiger partial charge >= 0.3 is 0 Å². The summed E-state index contributed by atoms with van der Waals surface area (Å²) in [5.74, 6) is 0.0416. The van der Waals surface area contributed by atoms with E-state index < -0.39 is 5.60 Å². The molecule has 1 saturated heterocycles. The van der Waals surface area contributed by atoms with Crippen LogP contribution in [-0.2, 0) is 0 Å². The Morgan fingerprint density at radius 3 is 2.55 bits per heavy atom. The second-order valence-electron chi connectivity index (χ2n) is 8.54. The molecular weight excluding hydrogens is 364 g/mol. The van der Waals surface area contributed by atoms with Gasteiger partial charge in [-0.2, -0.15) is 0 Å². The summed E-state index contributed by atoms with van der Waals surface area (Å²) >= 11 is 0. The van der Waals surface area contributed by atoms with Gasteiger partial charge in [-0.05, 0) is 56.7 Å². The van der Waals surface area contributed by atoms with Crippen molar-refractivity contribution in [3.63, 3.8) is 0 Å². The number of amides is 1. The first kappa shape index (κ1) is 19.6. The number of carbonyl (C=O) groups excluding carboxylic acids is 1. The summed E-state index contributed by atoms with van der Waals surface area (Å²) in [6.45, 7) is 9.22. The number of hydrogen-bond acceptors (Lipinski definition) is 4. The molecule has 0 atom stereocenters. The van der Waals surface area contributed by atoms with E-state index in [9.17, 15) is 9.90 Å². The van der Waals surface area contributed by atoms with E-state index in [0.717, 1.165) is 29.8 Å². The standard InChI is InChI=1S/C23H28N4O2/c1-17-5-4-6-19(13-17)27-16-24-20-14-18(7-8-21(20)27)22(28)26-11-9-25(10-12-26)15-23(2,3)29/h4-8,13-14,16,29H,9-12,15H2,1-3H3. The van der Waals surface area contributed by atoms with Gasteiger partial charge in [0, 0.05) is 44.0 Å². The van der Waals surface area contributed by atoms with Crippen LogP contribution in [0.15, 0.2) is 48.8 Å². The lowest BCUT2D eigenvalue weighted by Gasteiger charge is -2.37. The van der Waals surface area contributed by atoms with Gasteiger partial charge in [-0.3, -0.25) is 14.3 Å². The molecule has 1 N–H and O–H groups in total.